The lowest BCUT2D eigenvalue weighted by molar-refractivity contribution is -0.384. The van der Waals surface area contributed by atoms with Crippen LogP contribution in [0.5, 0.6) is 5.75 Å². The average Bonchev–Trinajstić information content (AvgIpc) is 2.66. The first-order valence-electron chi connectivity index (χ1n) is 8.23. The van der Waals surface area contributed by atoms with Crippen LogP contribution in [0.1, 0.15) is 17.5 Å². The third-order valence-corrected chi connectivity index (χ3v) is 3.90. The van der Waals surface area contributed by atoms with Gasteiger partial charge in [0.05, 0.1) is 29.4 Å². The van der Waals surface area contributed by atoms with E-state index in [0.717, 1.165) is 5.56 Å². The van der Waals surface area contributed by atoms with E-state index in [1.165, 1.54) is 25.3 Å². The highest BCUT2D eigenvalue weighted by Crippen LogP contribution is 2.28. The number of nitro benzene ring substituents is 1. The van der Waals surface area contributed by atoms with Crippen molar-refractivity contribution in [3.63, 3.8) is 0 Å². The number of nitrogens with zero attached hydrogens (tertiary/aromatic N) is 3. The molecule has 0 heterocycles. The van der Waals surface area contributed by atoms with Crippen LogP contribution < -0.4 is 10.1 Å². The molecule has 2 rings (SSSR count). The topological polar surface area (TPSA) is 108 Å². The number of amides is 1. The van der Waals surface area contributed by atoms with Crippen LogP contribution >= 0.6 is 0 Å². The van der Waals surface area contributed by atoms with Gasteiger partial charge in [0, 0.05) is 31.6 Å². The second-order valence-electron chi connectivity index (χ2n) is 5.99. The molecule has 0 saturated heterocycles. The number of hydrogen-bond acceptors (Lipinski definition) is 6. The van der Waals surface area contributed by atoms with E-state index >= 15 is 0 Å². The zero-order valence-electron chi connectivity index (χ0n) is 15.1. The van der Waals surface area contributed by atoms with Gasteiger partial charge in [-0.1, -0.05) is 12.1 Å². The van der Waals surface area contributed by atoms with Gasteiger partial charge in [-0.2, -0.15) is 5.26 Å². The molecule has 2 aromatic rings. The average molecular weight is 368 g/mol. The molecule has 1 amide bonds. The number of carbonyl (C=O) groups is 1. The van der Waals surface area contributed by atoms with Crippen molar-refractivity contribution in [3.05, 3.63) is 63.7 Å². The largest absolute Gasteiger partial charge is 0.495 e. The Morgan fingerprint density at radius 2 is 2.11 bits per heavy atom. The van der Waals surface area contributed by atoms with Gasteiger partial charge in [-0.25, -0.2) is 0 Å². The minimum atomic E-state index is -0.530. The molecular weight excluding hydrogens is 348 g/mol. The van der Waals surface area contributed by atoms with E-state index in [1.54, 1.807) is 6.07 Å². The molecule has 1 N–H and O–H groups in total. The fraction of sp³-hybridized carbons (Fsp3) is 0.263. The number of rotatable bonds is 8. The number of nitriles is 1. The normalized spacial score (nSPS) is 10.3. The van der Waals surface area contributed by atoms with Crippen LogP contribution in [0.4, 0.5) is 11.4 Å². The summed E-state index contributed by atoms with van der Waals surface area (Å²) in [4.78, 5) is 24.5. The molecule has 27 heavy (non-hydrogen) atoms. The number of non-ortho nitro benzene ring substituents is 1. The van der Waals surface area contributed by atoms with E-state index in [9.17, 15) is 14.9 Å². The molecule has 140 valence electrons. The molecule has 8 heteroatoms. The van der Waals surface area contributed by atoms with Crippen LogP contribution in [-0.2, 0) is 11.3 Å². The maximum absolute atomic E-state index is 12.2. The summed E-state index contributed by atoms with van der Waals surface area (Å²) in [5.74, 6) is 0.0852. The van der Waals surface area contributed by atoms with Gasteiger partial charge in [-0.15, -0.1) is 0 Å². The van der Waals surface area contributed by atoms with E-state index in [-0.39, 0.29) is 23.7 Å². The molecular formula is C19H20N4O4. The standard InChI is InChI=1S/C19H20N4O4/c1-22(13-15-5-3-4-14(10-15)12-20)9-8-19(24)21-17-11-16(23(25)26)6-7-18(17)27-2/h3-7,10-11H,8-9,13H2,1-2H3,(H,21,24). The zero-order chi connectivity index (χ0) is 19.8. The number of ether oxygens (including phenoxy) is 1. The number of hydrogen-bond donors (Lipinski definition) is 1. The first kappa shape index (κ1) is 19.9. The molecule has 8 nitrogen and oxygen atoms in total. The second kappa shape index (κ2) is 9.31. The van der Waals surface area contributed by atoms with Crippen molar-refractivity contribution in [1.29, 1.82) is 5.26 Å². The van der Waals surface area contributed by atoms with Crippen molar-refractivity contribution < 1.29 is 14.5 Å². The first-order chi connectivity index (χ1) is 12.9. The van der Waals surface area contributed by atoms with Gasteiger partial charge in [0.2, 0.25) is 5.91 Å². The predicted molar refractivity (Wildman–Crippen MR) is 100 cm³/mol. The number of methoxy groups -OCH3 is 1. The number of benzene rings is 2. The molecule has 0 aliphatic carbocycles. The van der Waals surface area contributed by atoms with Gasteiger partial charge in [-0.05, 0) is 30.8 Å². The summed E-state index contributed by atoms with van der Waals surface area (Å²) in [6.07, 6.45) is 0.209. The third-order valence-electron chi connectivity index (χ3n) is 3.90. The monoisotopic (exact) mass is 368 g/mol. The Hall–Kier alpha value is -3.44. The van der Waals surface area contributed by atoms with Crippen LogP contribution in [0.25, 0.3) is 0 Å². The minimum Gasteiger partial charge on any atom is -0.495 e. The van der Waals surface area contributed by atoms with Crippen molar-refractivity contribution >= 4 is 17.3 Å². The number of nitro groups is 1. The Labute approximate surface area is 157 Å². The van der Waals surface area contributed by atoms with Gasteiger partial charge in [0.15, 0.2) is 0 Å². The first-order valence-corrected chi connectivity index (χ1v) is 8.23. The van der Waals surface area contributed by atoms with E-state index in [4.69, 9.17) is 10.00 Å². The highest BCUT2D eigenvalue weighted by atomic mass is 16.6. The Bertz CT molecular complexity index is 876. The fourth-order valence-corrected chi connectivity index (χ4v) is 2.54. The smallest absolute Gasteiger partial charge is 0.271 e. The van der Waals surface area contributed by atoms with Crippen LogP contribution in [0, 0.1) is 21.4 Å². The second-order valence-corrected chi connectivity index (χ2v) is 5.99. The van der Waals surface area contributed by atoms with E-state index in [0.29, 0.717) is 24.4 Å². The van der Waals surface area contributed by atoms with E-state index in [2.05, 4.69) is 11.4 Å². The summed E-state index contributed by atoms with van der Waals surface area (Å²) in [5.41, 5.74) is 1.72. The summed E-state index contributed by atoms with van der Waals surface area (Å²) >= 11 is 0. The summed E-state index contributed by atoms with van der Waals surface area (Å²) in [7, 11) is 3.31. The molecule has 0 aliphatic rings. The Morgan fingerprint density at radius 3 is 2.78 bits per heavy atom. The molecule has 0 aromatic heterocycles. The van der Waals surface area contributed by atoms with E-state index < -0.39 is 4.92 Å². The van der Waals surface area contributed by atoms with Gasteiger partial charge >= 0.3 is 0 Å². The Kier molecular flexibility index (Phi) is 6.86. The van der Waals surface area contributed by atoms with Crippen LogP contribution in [0.3, 0.4) is 0 Å². The van der Waals surface area contributed by atoms with Crippen LogP contribution in [0.2, 0.25) is 0 Å². The van der Waals surface area contributed by atoms with Crippen molar-refractivity contribution in [2.75, 3.05) is 26.0 Å². The zero-order valence-corrected chi connectivity index (χ0v) is 15.1. The molecule has 0 saturated carbocycles. The highest BCUT2D eigenvalue weighted by Gasteiger charge is 2.14. The molecule has 0 fully saturated rings. The van der Waals surface area contributed by atoms with Crippen molar-refractivity contribution in [2.24, 2.45) is 0 Å². The molecule has 2 aromatic carbocycles. The highest BCUT2D eigenvalue weighted by molar-refractivity contribution is 5.92. The summed E-state index contributed by atoms with van der Waals surface area (Å²) in [6, 6.07) is 13.4. The van der Waals surface area contributed by atoms with Gasteiger partial charge < -0.3 is 15.0 Å². The molecule has 0 atom stereocenters. The van der Waals surface area contributed by atoms with Crippen molar-refractivity contribution in [1.82, 2.24) is 4.90 Å². The summed E-state index contributed by atoms with van der Waals surface area (Å²) in [5, 5.41) is 22.5. The van der Waals surface area contributed by atoms with Crippen LogP contribution in [-0.4, -0.2) is 36.4 Å². The number of nitrogens with one attached hydrogen (secondary N) is 1. The SMILES string of the molecule is COc1ccc([N+](=O)[O-])cc1NC(=O)CCN(C)Cc1cccc(C#N)c1. The molecule has 0 unspecified atom stereocenters. The molecule has 0 aliphatic heterocycles. The lowest BCUT2D eigenvalue weighted by Gasteiger charge is -2.17. The van der Waals surface area contributed by atoms with Crippen LogP contribution in [0.15, 0.2) is 42.5 Å². The predicted octanol–water partition coefficient (Wildman–Crippen LogP) is 2.94. The van der Waals surface area contributed by atoms with Crippen molar-refractivity contribution in [3.8, 4) is 11.8 Å². The minimum absolute atomic E-state index is 0.124. The summed E-state index contributed by atoms with van der Waals surface area (Å²) < 4.78 is 5.13. The molecule has 0 bridgehead atoms. The van der Waals surface area contributed by atoms with Gasteiger partial charge in [0.25, 0.3) is 5.69 Å². The molecule has 0 radical (unpaired) electrons. The van der Waals surface area contributed by atoms with Crippen molar-refractivity contribution in [2.45, 2.75) is 13.0 Å². The quantitative estimate of drug-likeness (QED) is 0.567. The van der Waals surface area contributed by atoms with Gasteiger partial charge in [0.1, 0.15) is 5.75 Å². The summed E-state index contributed by atoms with van der Waals surface area (Å²) in [6.45, 7) is 1.09. The lowest BCUT2D eigenvalue weighted by atomic mass is 10.1. The Morgan fingerprint density at radius 1 is 1.33 bits per heavy atom. The molecule has 0 spiro atoms. The lowest BCUT2D eigenvalue weighted by Crippen LogP contribution is -2.24. The third kappa shape index (κ3) is 5.80. The number of anilines is 1. The maximum atomic E-state index is 12.2. The maximum Gasteiger partial charge on any atom is 0.271 e. The fourth-order valence-electron chi connectivity index (χ4n) is 2.54. The Balaban J connectivity index is 1.93. The number of carbonyl (C=O) groups excluding carboxylic acids is 1. The van der Waals surface area contributed by atoms with Gasteiger partial charge in [-0.3, -0.25) is 14.9 Å². The van der Waals surface area contributed by atoms with E-state index in [1.807, 2.05) is 30.1 Å².